The first kappa shape index (κ1) is 15.3. The Morgan fingerprint density at radius 1 is 1.37 bits per heavy atom. The van der Waals surface area contributed by atoms with Crippen LogP contribution >= 0.6 is 0 Å². The number of unbranched alkanes of at least 4 members (excludes halogenated alkanes) is 1. The van der Waals surface area contributed by atoms with Gasteiger partial charge in [-0.3, -0.25) is 4.79 Å². The number of rotatable bonds is 8. The maximum atomic E-state index is 11.2. The molecule has 4 N–H and O–H groups in total. The molecule has 0 heterocycles. The van der Waals surface area contributed by atoms with E-state index in [1.54, 1.807) is 18.2 Å². The minimum absolute atomic E-state index is 0.319. The third-order valence-corrected chi connectivity index (χ3v) is 3.32. The Hall–Kier alpha value is -1.71. The molecule has 1 unspecified atom stereocenters. The van der Waals surface area contributed by atoms with Crippen molar-refractivity contribution in [3.63, 3.8) is 0 Å². The number of ether oxygens (including phenoxy) is 1. The maximum Gasteiger partial charge on any atom is 0.250 e. The summed E-state index contributed by atoms with van der Waals surface area (Å²) in [4.78, 5) is 11.2. The lowest BCUT2D eigenvalue weighted by Crippen LogP contribution is -2.15. The Kier molecular flexibility index (Phi) is 6.19. The Morgan fingerprint density at radius 3 is 2.68 bits per heavy atom. The van der Waals surface area contributed by atoms with E-state index < -0.39 is 5.91 Å². The molecule has 1 aromatic carbocycles. The van der Waals surface area contributed by atoms with Gasteiger partial charge in [0.2, 0.25) is 0 Å². The van der Waals surface area contributed by atoms with Gasteiger partial charge in [0.05, 0.1) is 12.2 Å². The molecule has 4 nitrogen and oxygen atoms in total. The molecule has 1 aromatic rings. The van der Waals surface area contributed by atoms with Crippen molar-refractivity contribution in [1.29, 1.82) is 0 Å². The van der Waals surface area contributed by atoms with Crippen molar-refractivity contribution in [3.8, 4) is 5.75 Å². The van der Waals surface area contributed by atoms with E-state index in [0.717, 1.165) is 6.42 Å². The van der Waals surface area contributed by atoms with Crippen molar-refractivity contribution in [1.82, 2.24) is 0 Å². The summed E-state index contributed by atoms with van der Waals surface area (Å²) in [6.45, 7) is 5.02. The molecule has 1 amide bonds. The summed E-state index contributed by atoms with van der Waals surface area (Å²) in [5, 5.41) is 0. The molecule has 0 fully saturated rings. The standard InChI is InChI=1S/C15H24N2O2/c1-3-5-6-11(4-2)10-19-12-7-8-14(16)13(9-12)15(17)18/h7-9,11H,3-6,10,16H2,1-2H3,(H2,17,18). The molecule has 0 aromatic heterocycles. The van der Waals surface area contributed by atoms with Crippen molar-refractivity contribution in [2.45, 2.75) is 39.5 Å². The number of nitrogens with two attached hydrogens (primary N) is 2. The molecule has 1 atom stereocenters. The largest absolute Gasteiger partial charge is 0.493 e. The fourth-order valence-corrected chi connectivity index (χ4v) is 1.95. The van der Waals surface area contributed by atoms with Crippen LogP contribution in [0.15, 0.2) is 18.2 Å². The highest BCUT2D eigenvalue weighted by Gasteiger charge is 2.10. The lowest BCUT2D eigenvalue weighted by atomic mass is 10.0. The van der Waals surface area contributed by atoms with E-state index in [1.165, 1.54) is 19.3 Å². The SMILES string of the molecule is CCCCC(CC)COc1ccc(N)c(C(N)=O)c1. The van der Waals surface area contributed by atoms with Crippen LogP contribution in [0.1, 0.15) is 49.9 Å². The summed E-state index contributed by atoms with van der Waals surface area (Å²) >= 11 is 0. The molecule has 0 spiro atoms. The summed E-state index contributed by atoms with van der Waals surface area (Å²) in [5.74, 6) is 0.674. The van der Waals surface area contributed by atoms with Crippen LogP contribution in [0.3, 0.4) is 0 Å². The van der Waals surface area contributed by atoms with E-state index in [-0.39, 0.29) is 0 Å². The van der Waals surface area contributed by atoms with Crippen LogP contribution in [0.5, 0.6) is 5.75 Å². The van der Waals surface area contributed by atoms with Gasteiger partial charge < -0.3 is 16.2 Å². The molecule has 4 heteroatoms. The van der Waals surface area contributed by atoms with E-state index in [0.29, 0.717) is 29.5 Å². The van der Waals surface area contributed by atoms with Crippen LogP contribution in [0.2, 0.25) is 0 Å². The number of hydrogen-bond donors (Lipinski definition) is 2. The van der Waals surface area contributed by atoms with E-state index in [1.807, 2.05) is 0 Å². The van der Waals surface area contributed by atoms with Crippen LogP contribution in [-0.4, -0.2) is 12.5 Å². The summed E-state index contributed by atoms with van der Waals surface area (Å²) in [6, 6.07) is 5.04. The van der Waals surface area contributed by atoms with Crippen molar-refractivity contribution < 1.29 is 9.53 Å². The normalized spacial score (nSPS) is 12.1. The van der Waals surface area contributed by atoms with E-state index in [9.17, 15) is 4.79 Å². The Labute approximate surface area is 115 Å². The number of benzene rings is 1. The van der Waals surface area contributed by atoms with Crippen LogP contribution in [0.25, 0.3) is 0 Å². The van der Waals surface area contributed by atoms with Gasteiger partial charge in [-0.15, -0.1) is 0 Å². The third-order valence-electron chi connectivity index (χ3n) is 3.32. The van der Waals surface area contributed by atoms with Crippen molar-refractivity contribution in [2.24, 2.45) is 11.7 Å². The summed E-state index contributed by atoms with van der Waals surface area (Å²) in [7, 11) is 0. The lowest BCUT2D eigenvalue weighted by Gasteiger charge is -2.16. The zero-order valence-electron chi connectivity index (χ0n) is 11.8. The molecule has 0 saturated carbocycles. The maximum absolute atomic E-state index is 11.2. The van der Waals surface area contributed by atoms with Crippen molar-refractivity contribution in [3.05, 3.63) is 23.8 Å². The third kappa shape index (κ3) is 4.81. The van der Waals surface area contributed by atoms with Gasteiger partial charge in [-0.25, -0.2) is 0 Å². The highest BCUT2D eigenvalue weighted by atomic mass is 16.5. The average Bonchev–Trinajstić information content (AvgIpc) is 2.40. The predicted octanol–water partition coefficient (Wildman–Crippen LogP) is 2.96. The zero-order chi connectivity index (χ0) is 14.3. The number of anilines is 1. The molecule has 0 aliphatic carbocycles. The van der Waals surface area contributed by atoms with E-state index in [2.05, 4.69) is 13.8 Å². The first-order valence-corrected chi connectivity index (χ1v) is 6.90. The summed E-state index contributed by atoms with van der Waals surface area (Å²) in [5.41, 5.74) is 11.6. The monoisotopic (exact) mass is 264 g/mol. The second-order valence-corrected chi connectivity index (χ2v) is 4.84. The smallest absolute Gasteiger partial charge is 0.250 e. The van der Waals surface area contributed by atoms with Crippen LogP contribution in [0.4, 0.5) is 5.69 Å². The summed E-state index contributed by atoms with van der Waals surface area (Å²) < 4.78 is 5.74. The fraction of sp³-hybridized carbons (Fsp3) is 0.533. The average molecular weight is 264 g/mol. The number of nitrogen functional groups attached to an aromatic ring is 1. The van der Waals surface area contributed by atoms with Crippen LogP contribution in [0, 0.1) is 5.92 Å². The molecule has 0 aliphatic heterocycles. The molecule has 0 saturated heterocycles. The zero-order valence-corrected chi connectivity index (χ0v) is 11.8. The first-order chi connectivity index (χ1) is 9.08. The first-order valence-electron chi connectivity index (χ1n) is 6.90. The Bertz CT molecular complexity index is 419. The lowest BCUT2D eigenvalue weighted by molar-refractivity contribution is 0.100. The molecule has 0 bridgehead atoms. The van der Waals surface area contributed by atoms with E-state index >= 15 is 0 Å². The molecule has 0 radical (unpaired) electrons. The highest BCUT2D eigenvalue weighted by molar-refractivity contribution is 5.98. The Morgan fingerprint density at radius 2 is 2.11 bits per heavy atom. The number of hydrogen-bond acceptors (Lipinski definition) is 3. The molecule has 1 rings (SSSR count). The predicted molar refractivity (Wildman–Crippen MR) is 78.2 cm³/mol. The summed E-state index contributed by atoms with van der Waals surface area (Å²) in [6.07, 6.45) is 4.68. The van der Waals surface area contributed by atoms with Gasteiger partial charge in [0.1, 0.15) is 5.75 Å². The number of primary amides is 1. The van der Waals surface area contributed by atoms with Gasteiger partial charge >= 0.3 is 0 Å². The Balaban J connectivity index is 2.61. The molecular weight excluding hydrogens is 240 g/mol. The number of carbonyl (C=O) groups is 1. The van der Waals surface area contributed by atoms with Gasteiger partial charge in [0, 0.05) is 5.69 Å². The second kappa shape index (κ2) is 7.67. The van der Waals surface area contributed by atoms with Gasteiger partial charge in [0.15, 0.2) is 0 Å². The van der Waals surface area contributed by atoms with Gasteiger partial charge in [-0.2, -0.15) is 0 Å². The van der Waals surface area contributed by atoms with E-state index in [4.69, 9.17) is 16.2 Å². The van der Waals surface area contributed by atoms with Gasteiger partial charge in [0.25, 0.3) is 5.91 Å². The van der Waals surface area contributed by atoms with Crippen molar-refractivity contribution in [2.75, 3.05) is 12.3 Å². The molecular formula is C15H24N2O2. The topological polar surface area (TPSA) is 78.3 Å². The van der Waals surface area contributed by atoms with Crippen molar-refractivity contribution >= 4 is 11.6 Å². The minimum atomic E-state index is -0.527. The fourth-order valence-electron chi connectivity index (χ4n) is 1.95. The molecule has 19 heavy (non-hydrogen) atoms. The molecule has 106 valence electrons. The van der Waals surface area contributed by atoms with Crippen LogP contribution in [-0.2, 0) is 0 Å². The highest BCUT2D eigenvalue weighted by Crippen LogP contribution is 2.21. The number of carbonyl (C=O) groups excluding carboxylic acids is 1. The second-order valence-electron chi connectivity index (χ2n) is 4.84. The van der Waals surface area contributed by atoms with Gasteiger partial charge in [-0.1, -0.05) is 33.1 Å². The number of amides is 1. The minimum Gasteiger partial charge on any atom is -0.493 e. The van der Waals surface area contributed by atoms with Gasteiger partial charge in [-0.05, 0) is 30.5 Å². The quantitative estimate of drug-likeness (QED) is 0.708. The van der Waals surface area contributed by atoms with Crippen LogP contribution < -0.4 is 16.2 Å². The molecule has 0 aliphatic rings.